The van der Waals surface area contributed by atoms with Crippen LogP contribution in [0.25, 0.3) is 0 Å². The van der Waals surface area contributed by atoms with Gasteiger partial charge in [0.1, 0.15) is 12.2 Å². The highest BCUT2D eigenvalue weighted by Crippen LogP contribution is 2.29. The second-order valence-electron chi connectivity index (χ2n) is 7.73. The number of carbonyl (C=O) groups is 1. The Labute approximate surface area is 157 Å². The molecule has 0 amide bonds. The fourth-order valence-electron chi connectivity index (χ4n) is 2.96. The molecule has 3 N–H and O–H groups in total. The fraction of sp³-hybridized carbons (Fsp3) is 0.591. The SMILES string of the molecule is CC(C)=CCC/C(C)=C/CC/C(C)=C/C[C@@]1(O)C(=O)C=C(C)[C@@H](O)[C@H]1O. The van der Waals surface area contributed by atoms with Gasteiger partial charge in [-0.3, -0.25) is 4.79 Å². The first-order valence-corrected chi connectivity index (χ1v) is 9.33. The van der Waals surface area contributed by atoms with Gasteiger partial charge in [-0.2, -0.15) is 0 Å². The summed E-state index contributed by atoms with van der Waals surface area (Å²) < 4.78 is 0. The molecule has 0 unspecified atom stereocenters. The molecule has 0 saturated carbocycles. The van der Waals surface area contributed by atoms with E-state index in [1.165, 1.54) is 17.2 Å². The first-order valence-electron chi connectivity index (χ1n) is 9.33. The first-order chi connectivity index (χ1) is 12.1. The molecule has 0 aromatic heterocycles. The number of hydrogen-bond acceptors (Lipinski definition) is 4. The maximum Gasteiger partial charge on any atom is 0.190 e. The van der Waals surface area contributed by atoms with E-state index in [-0.39, 0.29) is 6.42 Å². The lowest BCUT2D eigenvalue weighted by molar-refractivity contribution is -0.157. The van der Waals surface area contributed by atoms with Gasteiger partial charge in [0.05, 0.1) is 0 Å². The predicted octanol–water partition coefficient (Wildman–Crippen LogP) is 3.78. The molecule has 0 bridgehead atoms. The zero-order valence-electron chi connectivity index (χ0n) is 16.7. The van der Waals surface area contributed by atoms with Crippen molar-refractivity contribution in [3.63, 3.8) is 0 Å². The van der Waals surface area contributed by atoms with E-state index in [4.69, 9.17) is 0 Å². The largest absolute Gasteiger partial charge is 0.387 e. The van der Waals surface area contributed by atoms with Crippen LogP contribution in [0, 0.1) is 0 Å². The lowest BCUT2D eigenvalue weighted by Gasteiger charge is -2.36. The van der Waals surface area contributed by atoms with Crippen LogP contribution in [0.15, 0.2) is 46.6 Å². The van der Waals surface area contributed by atoms with Crippen molar-refractivity contribution in [2.24, 2.45) is 0 Å². The van der Waals surface area contributed by atoms with Crippen LogP contribution in [0.2, 0.25) is 0 Å². The van der Waals surface area contributed by atoms with Gasteiger partial charge < -0.3 is 15.3 Å². The molecule has 0 saturated heterocycles. The van der Waals surface area contributed by atoms with Crippen molar-refractivity contribution in [2.45, 2.75) is 84.5 Å². The Morgan fingerprint density at radius 1 is 1.04 bits per heavy atom. The van der Waals surface area contributed by atoms with Gasteiger partial charge in [-0.1, -0.05) is 34.9 Å². The van der Waals surface area contributed by atoms with E-state index in [9.17, 15) is 20.1 Å². The van der Waals surface area contributed by atoms with Crippen LogP contribution >= 0.6 is 0 Å². The molecule has 4 nitrogen and oxygen atoms in total. The third-order valence-corrected chi connectivity index (χ3v) is 4.92. The molecular formula is C22H34O4. The third-order valence-electron chi connectivity index (χ3n) is 4.92. The van der Waals surface area contributed by atoms with Gasteiger partial charge in [-0.25, -0.2) is 0 Å². The Kier molecular flexibility index (Phi) is 8.68. The molecule has 0 aliphatic heterocycles. The van der Waals surface area contributed by atoms with E-state index in [1.807, 2.05) is 6.92 Å². The molecule has 1 rings (SSSR count). The van der Waals surface area contributed by atoms with Crippen LogP contribution < -0.4 is 0 Å². The Bertz CT molecular complexity index is 620. The molecule has 26 heavy (non-hydrogen) atoms. The molecule has 0 radical (unpaired) electrons. The van der Waals surface area contributed by atoms with Crippen molar-refractivity contribution in [3.8, 4) is 0 Å². The summed E-state index contributed by atoms with van der Waals surface area (Å²) in [5.74, 6) is -0.549. The number of aliphatic hydroxyl groups is 3. The van der Waals surface area contributed by atoms with Crippen molar-refractivity contribution in [3.05, 3.63) is 46.6 Å². The molecule has 0 aromatic carbocycles. The minimum absolute atomic E-state index is 0.00292. The Balaban J connectivity index is 2.58. The number of carbonyl (C=O) groups excluding carboxylic acids is 1. The second kappa shape index (κ2) is 10.0. The maximum absolute atomic E-state index is 12.1. The number of aliphatic hydroxyl groups excluding tert-OH is 2. The standard InChI is InChI=1S/C22H34O4/c1-15(2)8-6-9-16(3)10-7-11-17(4)12-13-22(26)19(23)14-18(5)20(24)21(22)25/h8,10,12,14,20-21,24-26H,6-7,9,11,13H2,1-5H3/b16-10+,17-12+/t20-,21-,22-/m1/s1. The number of ketones is 1. The Hall–Kier alpha value is -1.49. The highest BCUT2D eigenvalue weighted by Gasteiger charge is 2.48. The zero-order valence-corrected chi connectivity index (χ0v) is 16.7. The van der Waals surface area contributed by atoms with Crippen molar-refractivity contribution >= 4 is 5.78 Å². The molecule has 4 heteroatoms. The maximum atomic E-state index is 12.1. The van der Waals surface area contributed by atoms with Crippen molar-refractivity contribution in [1.82, 2.24) is 0 Å². The molecule has 1 aliphatic rings. The van der Waals surface area contributed by atoms with Crippen LogP contribution in [-0.4, -0.2) is 38.9 Å². The number of hydrogen-bond donors (Lipinski definition) is 3. The van der Waals surface area contributed by atoms with Gasteiger partial charge in [0.2, 0.25) is 0 Å². The van der Waals surface area contributed by atoms with Crippen LogP contribution in [0.5, 0.6) is 0 Å². The molecule has 0 heterocycles. The molecule has 3 atom stereocenters. The van der Waals surface area contributed by atoms with Crippen LogP contribution in [0.1, 0.15) is 66.7 Å². The Morgan fingerprint density at radius 2 is 1.58 bits per heavy atom. The van der Waals surface area contributed by atoms with Gasteiger partial charge in [0.25, 0.3) is 0 Å². The van der Waals surface area contributed by atoms with Crippen LogP contribution in [0.4, 0.5) is 0 Å². The summed E-state index contributed by atoms with van der Waals surface area (Å²) in [7, 11) is 0. The van der Waals surface area contributed by atoms with Crippen LogP contribution in [0.3, 0.4) is 0 Å². The third kappa shape index (κ3) is 6.35. The normalized spacial score (nSPS) is 27.4. The smallest absolute Gasteiger partial charge is 0.190 e. The molecular weight excluding hydrogens is 328 g/mol. The van der Waals surface area contributed by atoms with Gasteiger partial charge >= 0.3 is 0 Å². The summed E-state index contributed by atoms with van der Waals surface area (Å²) in [4.78, 5) is 12.1. The van der Waals surface area contributed by atoms with Crippen molar-refractivity contribution in [2.75, 3.05) is 0 Å². The molecule has 146 valence electrons. The van der Waals surface area contributed by atoms with E-state index in [0.717, 1.165) is 31.3 Å². The lowest BCUT2D eigenvalue weighted by atomic mass is 9.78. The summed E-state index contributed by atoms with van der Waals surface area (Å²) in [5, 5.41) is 30.6. The van der Waals surface area contributed by atoms with Gasteiger partial charge in [-0.15, -0.1) is 0 Å². The van der Waals surface area contributed by atoms with Gasteiger partial charge in [-0.05, 0) is 72.0 Å². The van der Waals surface area contributed by atoms with E-state index in [0.29, 0.717) is 5.57 Å². The minimum atomic E-state index is -1.95. The van der Waals surface area contributed by atoms with Gasteiger partial charge in [0.15, 0.2) is 11.4 Å². The highest BCUT2D eigenvalue weighted by atomic mass is 16.4. The molecule has 0 spiro atoms. The average Bonchev–Trinajstić information content (AvgIpc) is 2.56. The van der Waals surface area contributed by atoms with Crippen LogP contribution in [-0.2, 0) is 4.79 Å². The number of allylic oxidation sites excluding steroid dienone is 5. The van der Waals surface area contributed by atoms with Crippen molar-refractivity contribution in [1.29, 1.82) is 0 Å². The Morgan fingerprint density at radius 3 is 2.15 bits per heavy atom. The molecule has 0 aromatic rings. The summed E-state index contributed by atoms with van der Waals surface area (Å²) in [6.45, 7) is 9.86. The predicted molar refractivity (Wildman–Crippen MR) is 106 cm³/mol. The quantitative estimate of drug-likeness (QED) is 0.574. The fourth-order valence-corrected chi connectivity index (χ4v) is 2.96. The molecule has 1 aliphatic carbocycles. The monoisotopic (exact) mass is 362 g/mol. The summed E-state index contributed by atoms with van der Waals surface area (Å²) in [6.07, 6.45) is 8.61. The van der Waals surface area contributed by atoms with Gasteiger partial charge in [0, 0.05) is 6.42 Å². The average molecular weight is 363 g/mol. The van der Waals surface area contributed by atoms with Crippen molar-refractivity contribution < 1.29 is 20.1 Å². The minimum Gasteiger partial charge on any atom is -0.387 e. The van der Waals surface area contributed by atoms with E-state index in [2.05, 4.69) is 32.9 Å². The summed E-state index contributed by atoms with van der Waals surface area (Å²) >= 11 is 0. The summed E-state index contributed by atoms with van der Waals surface area (Å²) in [5.41, 5.74) is 2.17. The topological polar surface area (TPSA) is 77.8 Å². The highest BCUT2D eigenvalue weighted by molar-refractivity contribution is 5.99. The lowest BCUT2D eigenvalue weighted by Crippen LogP contribution is -2.57. The molecule has 0 fully saturated rings. The first kappa shape index (κ1) is 22.6. The van der Waals surface area contributed by atoms with E-state index >= 15 is 0 Å². The number of rotatable bonds is 8. The second-order valence-corrected chi connectivity index (χ2v) is 7.73. The zero-order chi connectivity index (χ0) is 19.9. The van der Waals surface area contributed by atoms with E-state index < -0.39 is 23.6 Å². The summed E-state index contributed by atoms with van der Waals surface area (Å²) in [6, 6.07) is 0. The van der Waals surface area contributed by atoms with E-state index in [1.54, 1.807) is 13.0 Å².